The molecule has 0 fully saturated rings. The normalized spacial score (nSPS) is 12.6. The summed E-state index contributed by atoms with van der Waals surface area (Å²) in [7, 11) is 0. The van der Waals surface area contributed by atoms with Crippen LogP contribution in [0.15, 0.2) is 126 Å². The van der Waals surface area contributed by atoms with Crippen LogP contribution in [0.25, 0.3) is 87.5 Å². The predicted octanol–water partition coefficient (Wildman–Crippen LogP) is 9.83. The first-order valence-corrected chi connectivity index (χ1v) is 13.4. The molecule has 0 amide bonds. The number of benzene rings is 6. The van der Waals surface area contributed by atoms with Gasteiger partial charge in [0.2, 0.25) is 0 Å². The quantitative estimate of drug-likeness (QED) is 0.222. The van der Waals surface area contributed by atoms with Crippen LogP contribution < -0.4 is 0 Å². The molecule has 0 spiro atoms. The molecule has 0 N–H and O–H groups in total. The molecule has 3 nitrogen and oxygen atoms in total. The minimum atomic E-state index is 0.917. The number of hydrogen-bond acceptors (Lipinski definition) is 1. The molecule has 4 heterocycles. The van der Waals surface area contributed by atoms with Crippen molar-refractivity contribution < 1.29 is 4.42 Å². The lowest BCUT2D eigenvalue weighted by atomic mass is 10.1. The maximum atomic E-state index is 6.35. The van der Waals surface area contributed by atoms with Gasteiger partial charge in [-0.05, 0) is 42.5 Å². The molecule has 6 aromatic carbocycles. The number of hydrogen-bond donors (Lipinski definition) is 0. The van der Waals surface area contributed by atoms with Crippen LogP contribution in [-0.2, 0) is 0 Å². The van der Waals surface area contributed by atoms with Crippen molar-refractivity contribution in [1.29, 1.82) is 0 Å². The molecule has 3 heteroatoms. The number of fused-ring (bicyclic) bond motifs is 12. The molecule has 0 atom stereocenters. The molecule has 0 aliphatic heterocycles. The summed E-state index contributed by atoms with van der Waals surface area (Å²) in [5, 5.41) is 9.94. The van der Waals surface area contributed by atoms with Gasteiger partial charge < -0.3 is 13.4 Å². The lowest BCUT2D eigenvalue weighted by Gasteiger charge is -2.09. The van der Waals surface area contributed by atoms with Crippen LogP contribution in [0, 0.1) is 0 Å². The second kappa shape index (κ2) is 6.77. The first-order valence-electron chi connectivity index (χ1n) is 13.4. The third-order valence-corrected chi connectivity index (χ3v) is 8.62. The van der Waals surface area contributed by atoms with E-state index in [2.05, 4.69) is 124 Å². The average molecular weight is 497 g/mol. The molecule has 0 aliphatic rings. The highest BCUT2D eigenvalue weighted by Gasteiger charge is 2.21. The summed E-state index contributed by atoms with van der Waals surface area (Å²) in [4.78, 5) is 0. The summed E-state index contributed by atoms with van der Waals surface area (Å²) in [5.74, 6) is 0. The highest BCUT2D eigenvalue weighted by Crippen LogP contribution is 2.43. The van der Waals surface area contributed by atoms with E-state index >= 15 is 0 Å². The zero-order valence-electron chi connectivity index (χ0n) is 20.8. The van der Waals surface area contributed by atoms with E-state index in [9.17, 15) is 0 Å². The largest absolute Gasteiger partial charge is 0.456 e. The van der Waals surface area contributed by atoms with Crippen LogP contribution in [0.4, 0.5) is 0 Å². The Morgan fingerprint density at radius 1 is 0.385 bits per heavy atom. The van der Waals surface area contributed by atoms with Crippen molar-refractivity contribution >= 4 is 81.8 Å². The van der Waals surface area contributed by atoms with Crippen LogP contribution in [0.3, 0.4) is 0 Å². The maximum Gasteiger partial charge on any atom is 0.137 e. The second-order valence-corrected chi connectivity index (χ2v) is 10.6. The minimum absolute atomic E-state index is 0.917. The smallest absolute Gasteiger partial charge is 0.137 e. The highest BCUT2D eigenvalue weighted by molar-refractivity contribution is 6.24. The summed E-state index contributed by atoms with van der Waals surface area (Å²) in [6.07, 6.45) is 0. The van der Waals surface area contributed by atoms with Gasteiger partial charge in [-0.25, -0.2) is 0 Å². The molecule has 0 saturated heterocycles. The molecular formula is C36H20N2O. The molecule has 0 aliphatic carbocycles. The van der Waals surface area contributed by atoms with Crippen LogP contribution in [0.2, 0.25) is 0 Å². The van der Waals surface area contributed by atoms with Gasteiger partial charge in [0.1, 0.15) is 11.2 Å². The van der Waals surface area contributed by atoms with Crippen LogP contribution >= 0.6 is 0 Å². The Balaban J connectivity index is 1.42. The Morgan fingerprint density at radius 2 is 0.949 bits per heavy atom. The number of aromatic nitrogens is 2. The van der Waals surface area contributed by atoms with E-state index in [0.29, 0.717) is 0 Å². The van der Waals surface area contributed by atoms with E-state index in [-0.39, 0.29) is 0 Å². The highest BCUT2D eigenvalue weighted by atomic mass is 16.3. The molecule has 180 valence electrons. The third kappa shape index (κ3) is 2.35. The van der Waals surface area contributed by atoms with Gasteiger partial charge in [-0.3, -0.25) is 0 Å². The van der Waals surface area contributed by atoms with Crippen molar-refractivity contribution in [1.82, 2.24) is 8.97 Å². The van der Waals surface area contributed by atoms with E-state index in [1.165, 1.54) is 60.1 Å². The molecular weight excluding hydrogens is 476 g/mol. The van der Waals surface area contributed by atoms with E-state index in [0.717, 1.165) is 27.5 Å². The fraction of sp³-hybridized carbons (Fsp3) is 0. The SMILES string of the molecule is c1ccc2c(c1)oc1cc3c(cc12)c1ccccc1n3-c1cc2c3ccccc3n3c4ccccc4c(c1)c23. The standard InChI is InChI=1S/C36H20N2O/c1-5-13-30-22(9-1)26-19-27-25-12-4-8-16-34(25)39-35(27)20-33(26)37(30)21-17-28-23-10-2-6-14-31(23)38-32-15-7-3-11-24(32)29(18-21)36(28)38/h1-20H. The fourth-order valence-electron chi connectivity index (χ4n) is 7.03. The van der Waals surface area contributed by atoms with Gasteiger partial charge in [0.25, 0.3) is 0 Å². The van der Waals surface area contributed by atoms with E-state index < -0.39 is 0 Å². The molecule has 39 heavy (non-hydrogen) atoms. The van der Waals surface area contributed by atoms with Gasteiger partial charge in [-0.1, -0.05) is 72.8 Å². The van der Waals surface area contributed by atoms with Gasteiger partial charge in [-0.2, -0.15) is 0 Å². The lowest BCUT2D eigenvalue weighted by molar-refractivity contribution is 0.669. The first-order chi connectivity index (χ1) is 19.3. The number of para-hydroxylation sites is 4. The van der Waals surface area contributed by atoms with Gasteiger partial charge in [0, 0.05) is 54.8 Å². The average Bonchev–Trinajstić information content (AvgIpc) is 3.71. The van der Waals surface area contributed by atoms with Crippen LogP contribution in [0.1, 0.15) is 0 Å². The third-order valence-electron chi connectivity index (χ3n) is 8.62. The number of nitrogens with zero attached hydrogens (tertiary/aromatic N) is 2. The van der Waals surface area contributed by atoms with Crippen molar-refractivity contribution in [2.75, 3.05) is 0 Å². The van der Waals surface area contributed by atoms with Crippen molar-refractivity contribution in [2.24, 2.45) is 0 Å². The molecule has 10 aromatic rings. The van der Waals surface area contributed by atoms with Gasteiger partial charge in [0.15, 0.2) is 0 Å². The lowest BCUT2D eigenvalue weighted by Crippen LogP contribution is -1.93. The molecule has 0 saturated carbocycles. The van der Waals surface area contributed by atoms with E-state index in [4.69, 9.17) is 4.42 Å². The summed E-state index contributed by atoms with van der Waals surface area (Å²) in [5.41, 5.74) is 9.16. The summed E-state index contributed by atoms with van der Waals surface area (Å²) < 4.78 is 11.2. The summed E-state index contributed by atoms with van der Waals surface area (Å²) >= 11 is 0. The Labute approximate surface area is 222 Å². The first kappa shape index (κ1) is 19.8. The number of rotatable bonds is 1. The second-order valence-electron chi connectivity index (χ2n) is 10.6. The van der Waals surface area contributed by atoms with Crippen LogP contribution in [-0.4, -0.2) is 8.97 Å². The van der Waals surface area contributed by atoms with Crippen molar-refractivity contribution in [3.63, 3.8) is 0 Å². The predicted molar refractivity (Wildman–Crippen MR) is 163 cm³/mol. The zero-order chi connectivity index (χ0) is 25.2. The number of furan rings is 1. The summed E-state index contributed by atoms with van der Waals surface area (Å²) in [6, 6.07) is 43.9. The Bertz CT molecular complexity index is 2530. The monoisotopic (exact) mass is 496 g/mol. The van der Waals surface area contributed by atoms with Gasteiger partial charge in [-0.15, -0.1) is 0 Å². The summed E-state index contributed by atoms with van der Waals surface area (Å²) in [6.45, 7) is 0. The zero-order valence-corrected chi connectivity index (χ0v) is 20.8. The van der Waals surface area contributed by atoms with E-state index in [1.807, 2.05) is 6.07 Å². The fourth-order valence-corrected chi connectivity index (χ4v) is 7.03. The molecule has 0 unspecified atom stereocenters. The van der Waals surface area contributed by atoms with Crippen molar-refractivity contribution in [2.45, 2.75) is 0 Å². The molecule has 10 rings (SSSR count). The molecule has 0 radical (unpaired) electrons. The van der Waals surface area contributed by atoms with Crippen molar-refractivity contribution in [3.8, 4) is 5.69 Å². The van der Waals surface area contributed by atoms with Crippen LogP contribution in [0.5, 0.6) is 0 Å². The minimum Gasteiger partial charge on any atom is -0.456 e. The topological polar surface area (TPSA) is 22.5 Å². The van der Waals surface area contributed by atoms with Gasteiger partial charge >= 0.3 is 0 Å². The van der Waals surface area contributed by atoms with Gasteiger partial charge in [0.05, 0.1) is 27.6 Å². The molecule has 4 aromatic heterocycles. The van der Waals surface area contributed by atoms with E-state index in [1.54, 1.807) is 0 Å². The maximum absolute atomic E-state index is 6.35. The molecule has 0 bridgehead atoms. The Morgan fingerprint density at radius 3 is 1.64 bits per heavy atom. The van der Waals surface area contributed by atoms with Crippen molar-refractivity contribution in [3.05, 3.63) is 121 Å². The Hall–Kier alpha value is -5.28. The Kier molecular flexibility index (Phi) is 3.44.